The first kappa shape index (κ1) is 21.3. The fourth-order valence-corrected chi connectivity index (χ4v) is 3.70. The highest BCUT2D eigenvalue weighted by molar-refractivity contribution is 6.08. The van der Waals surface area contributed by atoms with E-state index in [0.717, 1.165) is 31.4 Å². The Morgan fingerprint density at radius 3 is 2.50 bits per heavy atom. The molecule has 1 aromatic carbocycles. The molecule has 1 N–H and O–H groups in total. The van der Waals surface area contributed by atoms with E-state index in [0.29, 0.717) is 23.4 Å². The van der Waals surface area contributed by atoms with Crippen molar-refractivity contribution in [3.8, 4) is 12.3 Å². The summed E-state index contributed by atoms with van der Waals surface area (Å²) in [5.74, 6) is 2.33. The van der Waals surface area contributed by atoms with Crippen LogP contribution < -0.4 is 0 Å². The maximum Gasteiger partial charge on any atom is 0.254 e. The number of aryl methyl sites for hydroxylation is 1. The number of hydrogen-bond acceptors (Lipinski definition) is 3. The second-order valence-electron chi connectivity index (χ2n) is 7.52. The van der Waals surface area contributed by atoms with Crippen LogP contribution in [0.15, 0.2) is 54.9 Å². The van der Waals surface area contributed by atoms with Crippen LogP contribution in [0.1, 0.15) is 64.2 Å². The molecule has 5 heteroatoms. The van der Waals surface area contributed by atoms with Gasteiger partial charge in [-0.1, -0.05) is 43.4 Å². The Hall–Kier alpha value is -3.39. The van der Waals surface area contributed by atoms with Crippen molar-refractivity contribution < 1.29 is 9.59 Å². The predicted octanol–water partition coefficient (Wildman–Crippen LogP) is 4.48. The van der Waals surface area contributed by atoms with Crippen molar-refractivity contribution >= 4 is 11.7 Å². The van der Waals surface area contributed by atoms with Gasteiger partial charge in [0.05, 0.1) is 6.54 Å². The van der Waals surface area contributed by atoms with Gasteiger partial charge in [-0.25, -0.2) is 0 Å². The first-order chi connectivity index (χ1) is 14.6. The number of hydrogen-bond donors (Lipinski definition) is 1. The van der Waals surface area contributed by atoms with Crippen LogP contribution in [-0.2, 0) is 0 Å². The molecule has 5 nitrogen and oxygen atoms in total. The summed E-state index contributed by atoms with van der Waals surface area (Å²) in [4.78, 5) is 35.0. The highest BCUT2D eigenvalue weighted by Gasteiger charge is 2.25. The molecule has 1 aliphatic rings. The van der Waals surface area contributed by atoms with Crippen molar-refractivity contribution in [2.24, 2.45) is 0 Å². The summed E-state index contributed by atoms with van der Waals surface area (Å²) in [6, 6.07) is 12.4. The number of aromatic nitrogens is 2. The number of H-pyrrole nitrogens is 1. The van der Waals surface area contributed by atoms with Gasteiger partial charge in [-0.2, -0.15) is 0 Å². The minimum absolute atomic E-state index is 0.0777. The highest BCUT2D eigenvalue weighted by Crippen LogP contribution is 2.24. The molecular weight excluding hydrogens is 374 g/mol. The minimum Gasteiger partial charge on any atom is -0.363 e. The van der Waals surface area contributed by atoms with Gasteiger partial charge in [0, 0.05) is 35.3 Å². The Kier molecular flexibility index (Phi) is 7.40. The summed E-state index contributed by atoms with van der Waals surface area (Å²) < 4.78 is 0. The number of terminal acetylenes is 1. The van der Waals surface area contributed by atoms with E-state index < -0.39 is 0 Å². The normalized spacial score (nSPS) is 13.7. The van der Waals surface area contributed by atoms with E-state index in [9.17, 15) is 9.59 Å². The number of ketones is 1. The van der Waals surface area contributed by atoms with E-state index in [-0.39, 0.29) is 17.7 Å². The zero-order valence-corrected chi connectivity index (χ0v) is 17.3. The lowest BCUT2D eigenvalue weighted by Crippen LogP contribution is -2.41. The Morgan fingerprint density at radius 1 is 1.10 bits per heavy atom. The molecule has 1 amide bonds. The number of rotatable bonds is 5. The number of carbonyl (C=O) groups excluding carboxylic acids is 2. The largest absolute Gasteiger partial charge is 0.363 e. The van der Waals surface area contributed by atoms with Gasteiger partial charge in [-0.3, -0.25) is 14.6 Å². The van der Waals surface area contributed by atoms with Crippen LogP contribution in [-0.4, -0.2) is 39.1 Å². The Bertz CT molecular complexity index is 978. The summed E-state index contributed by atoms with van der Waals surface area (Å²) in [6.45, 7) is 2.21. The zero-order chi connectivity index (χ0) is 21.3. The molecule has 0 aliphatic heterocycles. The summed E-state index contributed by atoms with van der Waals surface area (Å²) in [7, 11) is 0. The lowest BCUT2D eigenvalue weighted by atomic mass is 9.93. The predicted molar refractivity (Wildman–Crippen MR) is 118 cm³/mol. The van der Waals surface area contributed by atoms with Crippen LogP contribution in [0, 0.1) is 19.3 Å². The molecule has 1 aromatic heterocycles. The molecule has 0 saturated heterocycles. The number of nitrogens with zero attached hydrogens (tertiary/aromatic N) is 2. The third-order valence-corrected chi connectivity index (χ3v) is 5.36. The summed E-state index contributed by atoms with van der Waals surface area (Å²) in [5.41, 5.74) is 2.21. The number of aromatic amines is 1. The Balaban J connectivity index is 1.81. The van der Waals surface area contributed by atoms with Gasteiger partial charge in [0.15, 0.2) is 0 Å². The number of amides is 1. The first-order valence-electron chi connectivity index (χ1n) is 10.3. The van der Waals surface area contributed by atoms with Crippen molar-refractivity contribution in [2.75, 3.05) is 6.54 Å². The van der Waals surface area contributed by atoms with Crippen LogP contribution in [0.3, 0.4) is 0 Å². The maximum atomic E-state index is 13.1. The van der Waals surface area contributed by atoms with Gasteiger partial charge in [0.25, 0.3) is 5.91 Å². The third-order valence-electron chi connectivity index (χ3n) is 5.36. The third kappa shape index (κ3) is 5.36. The monoisotopic (exact) mass is 401 g/mol. The standard InChI is InChI=1S/C25H27N3O2/c1-3-17-28(22-10-5-4-6-11-22)25(30)21-14-12-20(13-15-21)24(29)23-18-27-19(2)9-7-8-16-26-23/h1,7-9,12-16,18,22,27H,4-6,10-11,17H2,2H3. The second kappa shape index (κ2) is 10.4. The maximum absolute atomic E-state index is 13.1. The molecule has 3 rings (SSSR count). The van der Waals surface area contributed by atoms with E-state index in [1.54, 1.807) is 47.6 Å². The quantitative estimate of drug-likeness (QED) is 0.593. The number of benzene rings is 1. The van der Waals surface area contributed by atoms with E-state index in [1.807, 2.05) is 19.1 Å². The zero-order valence-electron chi connectivity index (χ0n) is 17.3. The van der Waals surface area contributed by atoms with Gasteiger partial charge in [0.1, 0.15) is 5.69 Å². The van der Waals surface area contributed by atoms with Crippen molar-refractivity contribution in [3.63, 3.8) is 0 Å². The number of carbonyl (C=O) groups is 2. The van der Waals surface area contributed by atoms with E-state index in [4.69, 9.17) is 6.42 Å². The van der Waals surface area contributed by atoms with E-state index in [1.165, 1.54) is 6.42 Å². The molecule has 1 saturated carbocycles. The van der Waals surface area contributed by atoms with Crippen LogP contribution >= 0.6 is 0 Å². The molecule has 1 aliphatic carbocycles. The summed E-state index contributed by atoms with van der Waals surface area (Å²) in [5, 5.41) is 0. The van der Waals surface area contributed by atoms with Crippen molar-refractivity contribution in [1.29, 1.82) is 0 Å². The topological polar surface area (TPSA) is 66.1 Å². The number of nitrogens with one attached hydrogen (secondary N) is 1. The van der Waals surface area contributed by atoms with Crippen LogP contribution in [0.2, 0.25) is 0 Å². The van der Waals surface area contributed by atoms with Gasteiger partial charge < -0.3 is 9.88 Å². The lowest BCUT2D eigenvalue weighted by molar-refractivity contribution is 0.0667. The lowest BCUT2D eigenvalue weighted by Gasteiger charge is -2.33. The molecule has 0 unspecified atom stereocenters. The molecule has 30 heavy (non-hydrogen) atoms. The van der Waals surface area contributed by atoms with E-state index in [2.05, 4.69) is 15.9 Å². The van der Waals surface area contributed by atoms with Gasteiger partial charge in [0.2, 0.25) is 5.78 Å². The minimum atomic E-state index is -0.214. The average molecular weight is 402 g/mol. The highest BCUT2D eigenvalue weighted by atomic mass is 16.2. The summed E-state index contributed by atoms with van der Waals surface area (Å²) in [6.07, 6.45) is 14.1. The molecular formula is C25H27N3O2. The average Bonchev–Trinajstić information content (AvgIpc) is 2.89. The molecule has 1 heterocycles. The second-order valence-corrected chi connectivity index (χ2v) is 7.52. The molecule has 0 spiro atoms. The Morgan fingerprint density at radius 2 is 1.80 bits per heavy atom. The van der Waals surface area contributed by atoms with Crippen LogP contribution in [0.4, 0.5) is 0 Å². The van der Waals surface area contributed by atoms with Crippen molar-refractivity contribution in [2.45, 2.75) is 45.1 Å². The SMILES string of the molecule is C#CCN(C(=O)c1ccc(C(=O)c2c[nH]c(C)ccccn2)cc1)C1CCCCC1. The summed E-state index contributed by atoms with van der Waals surface area (Å²) >= 11 is 0. The van der Waals surface area contributed by atoms with Crippen LogP contribution in [0.5, 0.6) is 0 Å². The van der Waals surface area contributed by atoms with Crippen molar-refractivity contribution in [3.05, 3.63) is 77.4 Å². The van der Waals surface area contributed by atoms with Gasteiger partial charge >= 0.3 is 0 Å². The fourth-order valence-electron chi connectivity index (χ4n) is 3.70. The van der Waals surface area contributed by atoms with Gasteiger partial charge in [-0.15, -0.1) is 6.42 Å². The Labute approximate surface area is 177 Å². The van der Waals surface area contributed by atoms with Crippen LogP contribution in [0.25, 0.3) is 0 Å². The van der Waals surface area contributed by atoms with Gasteiger partial charge in [-0.05, 0) is 44.0 Å². The molecule has 0 radical (unpaired) electrons. The molecule has 2 aromatic rings. The smallest absolute Gasteiger partial charge is 0.254 e. The van der Waals surface area contributed by atoms with E-state index >= 15 is 0 Å². The molecule has 154 valence electrons. The first-order valence-corrected chi connectivity index (χ1v) is 10.3. The molecule has 0 bridgehead atoms. The fraction of sp³-hybridized carbons (Fsp3) is 0.320. The molecule has 1 fully saturated rings. The van der Waals surface area contributed by atoms with Crippen molar-refractivity contribution in [1.82, 2.24) is 14.9 Å². The molecule has 0 atom stereocenters.